The molecule has 2 aromatic rings. The van der Waals surface area contributed by atoms with E-state index in [2.05, 4.69) is 24.3 Å². The lowest BCUT2D eigenvalue weighted by atomic mass is 10.1. The third-order valence-electron chi connectivity index (χ3n) is 4.25. The number of nitrogens with one attached hydrogen (secondary N) is 1. The standard InChI is InChI=1S/C20H27N3O3/c1-13(2)12-23-15(4)18(14(3)22-23)11-19(24)21-17-7-5-6-16(10-17)8-9-20(25)26/h5-7,10,13H,8-9,11-12H2,1-4H3,(H,21,24)(H,25,26). The summed E-state index contributed by atoms with van der Waals surface area (Å²) in [7, 11) is 0. The van der Waals surface area contributed by atoms with Gasteiger partial charge in [-0.2, -0.15) is 5.10 Å². The first-order valence-corrected chi connectivity index (χ1v) is 8.89. The molecule has 0 saturated carbocycles. The third-order valence-corrected chi connectivity index (χ3v) is 4.25. The van der Waals surface area contributed by atoms with Crippen molar-refractivity contribution < 1.29 is 14.7 Å². The Morgan fingerprint density at radius 1 is 1.27 bits per heavy atom. The Labute approximate surface area is 154 Å². The van der Waals surface area contributed by atoms with Gasteiger partial charge in [0.2, 0.25) is 5.91 Å². The van der Waals surface area contributed by atoms with Crippen LogP contribution in [0.4, 0.5) is 5.69 Å². The van der Waals surface area contributed by atoms with Crippen molar-refractivity contribution in [3.63, 3.8) is 0 Å². The molecule has 0 saturated heterocycles. The number of carbonyl (C=O) groups excluding carboxylic acids is 1. The van der Waals surface area contributed by atoms with Gasteiger partial charge in [0.15, 0.2) is 0 Å². The van der Waals surface area contributed by atoms with E-state index in [1.807, 2.05) is 42.8 Å². The van der Waals surface area contributed by atoms with Crippen molar-refractivity contribution >= 4 is 17.6 Å². The number of benzene rings is 1. The predicted molar refractivity (Wildman–Crippen MR) is 101 cm³/mol. The molecule has 1 amide bonds. The Hall–Kier alpha value is -2.63. The zero-order chi connectivity index (χ0) is 19.3. The summed E-state index contributed by atoms with van der Waals surface area (Å²) in [6.45, 7) is 9.04. The molecular weight excluding hydrogens is 330 g/mol. The number of aromatic nitrogens is 2. The highest BCUT2D eigenvalue weighted by Gasteiger charge is 2.15. The molecule has 26 heavy (non-hydrogen) atoms. The monoisotopic (exact) mass is 357 g/mol. The van der Waals surface area contributed by atoms with Gasteiger partial charge in [-0.05, 0) is 43.9 Å². The van der Waals surface area contributed by atoms with Crippen molar-refractivity contribution in [3.8, 4) is 0 Å². The number of hydrogen-bond acceptors (Lipinski definition) is 3. The van der Waals surface area contributed by atoms with Crippen LogP contribution in [0.5, 0.6) is 0 Å². The first-order chi connectivity index (χ1) is 12.3. The van der Waals surface area contributed by atoms with E-state index in [9.17, 15) is 9.59 Å². The number of carboxylic acids is 1. The van der Waals surface area contributed by atoms with E-state index in [1.54, 1.807) is 0 Å². The smallest absolute Gasteiger partial charge is 0.303 e. The van der Waals surface area contributed by atoms with Crippen molar-refractivity contribution in [1.29, 1.82) is 0 Å². The molecule has 0 atom stereocenters. The minimum Gasteiger partial charge on any atom is -0.481 e. The highest BCUT2D eigenvalue weighted by molar-refractivity contribution is 5.92. The van der Waals surface area contributed by atoms with E-state index < -0.39 is 5.97 Å². The third kappa shape index (κ3) is 5.44. The molecule has 6 heteroatoms. The number of nitrogens with zero attached hydrogens (tertiary/aromatic N) is 2. The molecule has 1 aromatic carbocycles. The number of hydrogen-bond donors (Lipinski definition) is 2. The topological polar surface area (TPSA) is 84.2 Å². The second-order valence-electron chi connectivity index (χ2n) is 7.04. The Balaban J connectivity index is 2.04. The van der Waals surface area contributed by atoms with Crippen LogP contribution >= 0.6 is 0 Å². The zero-order valence-corrected chi connectivity index (χ0v) is 15.9. The lowest BCUT2D eigenvalue weighted by Crippen LogP contribution is -2.16. The summed E-state index contributed by atoms with van der Waals surface area (Å²) in [6.07, 6.45) is 0.791. The Bertz CT molecular complexity index is 794. The van der Waals surface area contributed by atoms with Gasteiger partial charge in [0, 0.05) is 29.9 Å². The highest BCUT2D eigenvalue weighted by Crippen LogP contribution is 2.17. The fraction of sp³-hybridized carbons (Fsp3) is 0.450. The maximum Gasteiger partial charge on any atom is 0.303 e. The molecule has 0 spiro atoms. The van der Waals surface area contributed by atoms with E-state index in [1.165, 1.54) is 0 Å². The molecule has 0 aliphatic heterocycles. The summed E-state index contributed by atoms with van der Waals surface area (Å²) in [5, 5.41) is 16.2. The number of rotatable bonds is 8. The van der Waals surface area contributed by atoms with Crippen molar-refractivity contribution in [3.05, 3.63) is 46.8 Å². The molecule has 2 N–H and O–H groups in total. The first-order valence-electron chi connectivity index (χ1n) is 8.89. The zero-order valence-electron chi connectivity index (χ0n) is 15.9. The quantitative estimate of drug-likeness (QED) is 0.759. The number of amides is 1. The van der Waals surface area contributed by atoms with E-state index >= 15 is 0 Å². The molecule has 140 valence electrons. The van der Waals surface area contributed by atoms with Crippen LogP contribution in [0.1, 0.15) is 42.8 Å². The van der Waals surface area contributed by atoms with Crippen LogP contribution in [0.3, 0.4) is 0 Å². The molecule has 2 rings (SSSR count). The summed E-state index contributed by atoms with van der Waals surface area (Å²) >= 11 is 0. The van der Waals surface area contributed by atoms with Gasteiger partial charge >= 0.3 is 5.97 Å². The molecule has 0 unspecified atom stereocenters. The fourth-order valence-corrected chi connectivity index (χ4v) is 2.94. The van der Waals surface area contributed by atoms with E-state index in [-0.39, 0.29) is 18.7 Å². The second kappa shape index (κ2) is 8.65. The first kappa shape index (κ1) is 19.7. The normalized spacial score (nSPS) is 11.0. The van der Waals surface area contributed by atoms with Crippen molar-refractivity contribution in [2.24, 2.45) is 5.92 Å². The number of aliphatic carboxylic acids is 1. The number of carboxylic acid groups (broad SMARTS) is 1. The Morgan fingerprint density at radius 2 is 2.00 bits per heavy atom. The molecule has 1 aromatic heterocycles. The number of carbonyl (C=O) groups is 2. The predicted octanol–water partition coefficient (Wildman–Crippen LogP) is 3.35. The Kier molecular flexibility index (Phi) is 6.55. The van der Waals surface area contributed by atoms with Crippen LogP contribution in [-0.2, 0) is 29.0 Å². The number of aryl methyl sites for hydroxylation is 2. The molecule has 1 heterocycles. The van der Waals surface area contributed by atoms with E-state index in [0.29, 0.717) is 18.0 Å². The van der Waals surface area contributed by atoms with Gasteiger partial charge in [0.25, 0.3) is 0 Å². The maximum atomic E-state index is 12.5. The van der Waals surface area contributed by atoms with Crippen LogP contribution in [-0.4, -0.2) is 26.8 Å². The van der Waals surface area contributed by atoms with Gasteiger partial charge in [-0.1, -0.05) is 26.0 Å². The highest BCUT2D eigenvalue weighted by atomic mass is 16.4. The fourth-order valence-electron chi connectivity index (χ4n) is 2.94. The minimum absolute atomic E-state index is 0.0742. The molecular formula is C20H27N3O3. The van der Waals surface area contributed by atoms with E-state index in [0.717, 1.165) is 29.1 Å². The van der Waals surface area contributed by atoms with Crippen molar-refractivity contribution in [1.82, 2.24) is 9.78 Å². The van der Waals surface area contributed by atoms with Gasteiger partial charge in [-0.3, -0.25) is 14.3 Å². The summed E-state index contributed by atoms with van der Waals surface area (Å²) in [5.41, 5.74) is 4.45. The maximum absolute atomic E-state index is 12.5. The molecule has 0 fully saturated rings. The minimum atomic E-state index is -0.830. The average molecular weight is 357 g/mol. The van der Waals surface area contributed by atoms with Gasteiger partial charge in [-0.25, -0.2) is 0 Å². The molecule has 0 bridgehead atoms. The second-order valence-corrected chi connectivity index (χ2v) is 7.04. The largest absolute Gasteiger partial charge is 0.481 e. The van der Waals surface area contributed by atoms with Gasteiger partial charge in [0.1, 0.15) is 0 Å². The molecule has 0 radical (unpaired) electrons. The van der Waals surface area contributed by atoms with Crippen LogP contribution < -0.4 is 5.32 Å². The SMILES string of the molecule is Cc1nn(CC(C)C)c(C)c1CC(=O)Nc1cccc(CCC(=O)O)c1. The van der Waals surface area contributed by atoms with Gasteiger partial charge in [0.05, 0.1) is 12.1 Å². The van der Waals surface area contributed by atoms with Gasteiger partial charge < -0.3 is 10.4 Å². The molecule has 0 aliphatic rings. The van der Waals surface area contributed by atoms with Crippen molar-refractivity contribution in [2.45, 2.75) is 53.5 Å². The van der Waals surface area contributed by atoms with Crippen LogP contribution in [0.25, 0.3) is 0 Å². The molecule has 0 aliphatic carbocycles. The lowest BCUT2D eigenvalue weighted by molar-refractivity contribution is -0.137. The van der Waals surface area contributed by atoms with Crippen LogP contribution in [0.2, 0.25) is 0 Å². The van der Waals surface area contributed by atoms with E-state index in [4.69, 9.17) is 5.11 Å². The Morgan fingerprint density at radius 3 is 2.65 bits per heavy atom. The average Bonchev–Trinajstić information content (AvgIpc) is 2.80. The van der Waals surface area contributed by atoms with Crippen molar-refractivity contribution in [2.75, 3.05) is 5.32 Å². The van der Waals surface area contributed by atoms with Crippen LogP contribution in [0, 0.1) is 19.8 Å². The van der Waals surface area contributed by atoms with Gasteiger partial charge in [-0.15, -0.1) is 0 Å². The summed E-state index contributed by atoms with van der Waals surface area (Å²) in [6, 6.07) is 7.32. The summed E-state index contributed by atoms with van der Waals surface area (Å²) in [4.78, 5) is 23.1. The van der Waals surface area contributed by atoms with Crippen LogP contribution in [0.15, 0.2) is 24.3 Å². The lowest BCUT2D eigenvalue weighted by Gasteiger charge is -2.09. The number of anilines is 1. The molecule has 6 nitrogen and oxygen atoms in total. The summed E-state index contributed by atoms with van der Waals surface area (Å²) < 4.78 is 1.97. The summed E-state index contributed by atoms with van der Waals surface area (Å²) in [5.74, 6) is -0.442.